The fraction of sp³-hybridized carbons (Fsp3) is 0.167. The van der Waals surface area contributed by atoms with E-state index in [1.54, 1.807) is 30.3 Å². The molecule has 0 saturated heterocycles. The van der Waals surface area contributed by atoms with Crippen molar-refractivity contribution in [2.75, 3.05) is 13.2 Å². The topological polar surface area (TPSA) is 117 Å². The number of hydrogen-bond acceptors (Lipinski definition) is 7. The van der Waals surface area contributed by atoms with Gasteiger partial charge in [0.1, 0.15) is 30.4 Å². The van der Waals surface area contributed by atoms with E-state index in [1.807, 2.05) is 25.1 Å². The zero-order valence-electron chi connectivity index (χ0n) is 17.9. The van der Waals surface area contributed by atoms with Crippen LogP contribution in [0.4, 0.5) is 5.69 Å². The van der Waals surface area contributed by atoms with Crippen molar-refractivity contribution in [1.29, 1.82) is 0 Å². The molecular weight excluding hydrogens is 428 g/mol. The van der Waals surface area contributed by atoms with Gasteiger partial charge >= 0.3 is 5.97 Å². The van der Waals surface area contributed by atoms with Crippen molar-refractivity contribution in [2.45, 2.75) is 13.5 Å². The van der Waals surface area contributed by atoms with Crippen LogP contribution in [0.1, 0.15) is 11.1 Å². The average molecular weight is 450 g/mol. The lowest BCUT2D eigenvalue weighted by atomic mass is 10.2. The van der Waals surface area contributed by atoms with Crippen LogP contribution in [0.2, 0.25) is 0 Å². The Bertz CT molecular complexity index is 1110. The highest BCUT2D eigenvalue weighted by atomic mass is 16.6. The SMILES string of the molecule is Cc1ccccc1OCC(=O)NCC(=O)OCc1ccc(Oc2ccc([N+](=O)[O-])cc2)cc1. The predicted molar refractivity (Wildman–Crippen MR) is 119 cm³/mol. The van der Waals surface area contributed by atoms with Crippen LogP contribution >= 0.6 is 0 Å². The highest BCUT2D eigenvalue weighted by molar-refractivity contribution is 5.82. The van der Waals surface area contributed by atoms with Crippen molar-refractivity contribution < 1.29 is 28.7 Å². The van der Waals surface area contributed by atoms with Crippen LogP contribution in [0.5, 0.6) is 17.2 Å². The maximum atomic E-state index is 11.9. The molecule has 0 radical (unpaired) electrons. The van der Waals surface area contributed by atoms with Crippen molar-refractivity contribution in [2.24, 2.45) is 0 Å². The van der Waals surface area contributed by atoms with Crippen molar-refractivity contribution in [3.05, 3.63) is 94.0 Å². The first kappa shape index (κ1) is 23.3. The summed E-state index contributed by atoms with van der Waals surface area (Å²) < 4.78 is 16.2. The maximum Gasteiger partial charge on any atom is 0.325 e. The van der Waals surface area contributed by atoms with Gasteiger partial charge in [-0.2, -0.15) is 0 Å². The first-order valence-electron chi connectivity index (χ1n) is 10.0. The van der Waals surface area contributed by atoms with Gasteiger partial charge in [0.2, 0.25) is 0 Å². The summed E-state index contributed by atoms with van der Waals surface area (Å²) in [5.74, 6) is 0.589. The Labute approximate surface area is 190 Å². The summed E-state index contributed by atoms with van der Waals surface area (Å²) in [4.78, 5) is 33.9. The van der Waals surface area contributed by atoms with Gasteiger partial charge in [-0.3, -0.25) is 19.7 Å². The van der Waals surface area contributed by atoms with E-state index in [-0.39, 0.29) is 25.4 Å². The first-order chi connectivity index (χ1) is 15.9. The van der Waals surface area contributed by atoms with E-state index in [0.29, 0.717) is 17.2 Å². The van der Waals surface area contributed by atoms with Crippen LogP contribution in [0, 0.1) is 17.0 Å². The fourth-order valence-electron chi connectivity index (χ4n) is 2.72. The molecule has 0 aliphatic carbocycles. The van der Waals surface area contributed by atoms with Crippen LogP contribution in [0.25, 0.3) is 0 Å². The Kier molecular flexibility index (Phi) is 7.96. The van der Waals surface area contributed by atoms with E-state index in [0.717, 1.165) is 11.1 Å². The molecule has 0 atom stereocenters. The van der Waals surface area contributed by atoms with Crippen LogP contribution in [-0.2, 0) is 20.9 Å². The number of rotatable bonds is 10. The maximum absolute atomic E-state index is 11.9. The second kappa shape index (κ2) is 11.3. The van der Waals surface area contributed by atoms with Gasteiger partial charge in [-0.25, -0.2) is 0 Å². The molecule has 0 aliphatic rings. The third-order valence-corrected chi connectivity index (χ3v) is 4.49. The third kappa shape index (κ3) is 7.35. The number of carbonyl (C=O) groups is 2. The molecule has 3 rings (SSSR count). The molecule has 0 spiro atoms. The number of aryl methyl sites for hydroxylation is 1. The van der Waals surface area contributed by atoms with Gasteiger partial charge in [0.05, 0.1) is 4.92 Å². The molecule has 0 heterocycles. The minimum atomic E-state index is -0.578. The molecule has 0 aromatic heterocycles. The molecule has 0 bridgehead atoms. The predicted octanol–water partition coefficient (Wildman–Crippen LogP) is 3.93. The van der Waals surface area contributed by atoms with Gasteiger partial charge < -0.3 is 19.5 Å². The summed E-state index contributed by atoms with van der Waals surface area (Å²) in [7, 11) is 0. The van der Waals surface area contributed by atoms with E-state index in [4.69, 9.17) is 14.2 Å². The third-order valence-electron chi connectivity index (χ3n) is 4.49. The van der Waals surface area contributed by atoms with Crippen LogP contribution in [0.3, 0.4) is 0 Å². The Hall–Kier alpha value is -4.40. The fourth-order valence-corrected chi connectivity index (χ4v) is 2.72. The summed E-state index contributed by atoms with van der Waals surface area (Å²) in [5, 5.41) is 13.1. The Morgan fingerprint density at radius 1 is 0.939 bits per heavy atom. The first-order valence-corrected chi connectivity index (χ1v) is 10.0. The number of nitro benzene ring substituents is 1. The number of amides is 1. The van der Waals surface area contributed by atoms with Gasteiger partial charge in [0.15, 0.2) is 6.61 Å². The summed E-state index contributed by atoms with van der Waals surface area (Å²) in [5.41, 5.74) is 1.62. The zero-order valence-corrected chi connectivity index (χ0v) is 17.9. The lowest BCUT2D eigenvalue weighted by Gasteiger charge is -2.10. The van der Waals surface area contributed by atoms with E-state index in [1.165, 1.54) is 24.3 Å². The molecule has 3 aromatic rings. The van der Waals surface area contributed by atoms with Crippen molar-refractivity contribution in [1.82, 2.24) is 5.32 Å². The van der Waals surface area contributed by atoms with Crippen molar-refractivity contribution in [3.8, 4) is 17.2 Å². The number of para-hydroxylation sites is 1. The molecule has 9 heteroatoms. The minimum absolute atomic E-state index is 0.0190. The van der Waals surface area contributed by atoms with E-state index in [2.05, 4.69) is 5.32 Å². The molecule has 0 unspecified atom stereocenters. The highest BCUT2D eigenvalue weighted by Crippen LogP contribution is 2.24. The minimum Gasteiger partial charge on any atom is -0.484 e. The normalized spacial score (nSPS) is 10.2. The standard InChI is InChI=1S/C24H22N2O7/c1-17-4-2-3-5-22(17)31-16-23(27)25-14-24(28)32-15-18-6-10-20(11-7-18)33-21-12-8-19(9-13-21)26(29)30/h2-13H,14-16H2,1H3,(H,25,27). The lowest BCUT2D eigenvalue weighted by molar-refractivity contribution is -0.384. The van der Waals surface area contributed by atoms with Gasteiger partial charge in [0, 0.05) is 12.1 Å². The molecule has 170 valence electrons. The van der Waals surface area contributed by atoms with Crippen LogP contribution in [0.15, 0.2) is 72.8 Å². The van der Waals surface area contributed by atoms with Gasteiger partial charge in [-0.05, 0) is 48.4 Å². The van der Waals surface area contributed by atoms with Crippen molar-refractivity contribution >= 4 is 17.6 Å². The smallest absolute Gasteiger partial charge is 0.325 e. The number of carbonyl (C=O) groups excluding carboxylic acids is 2. The monoisotopic (exact) mass is 450 g/mol. The van der Waals surface area contributed by atoms with Gasteiger partial charge in [-0.15, -0.1) is 0 Å². The number of benzene rings is 3. The van der Waals surface area contributed by atoms with Gasteiger partial charge in [-0.1, -0.05) is 30.3 Å². The molecular formula is C24H22N2O7. The quantitative estimate of drug-likeness (QED) is 0.282. The molecule has 9 nitrogen and oxygen atoms in total. The number of non-ortho nitro benzene ring substituents is 1. The molecule has 1 N–H and O–H groups in total. The van der Waals surface area contributed by atoms with Crippen LogP contribution in [-0.4, -0.2) is 30.0 Å². The van der Waals surface area contributed by atoms with E-state index in [9.17, 15) is 19.7 Å². The number of hydrogen-bond donors (Lipinski definition) is 1. The Balaban J connectivity index is 1.38. The second-order valence-corrected chi connectivity index (χ2v) is 6.99. The Morgan fingerprint density at radius 3 is 2.21 bits per heavy atom. The van der Waals surface area contributed by atoms with Gasteiger partial charge in [0.25, 0.3) is 11.6 Å². The second-order valence-electron chi connectivity index (χ2n) is 6.99. The molecule has 0 fully saturated rings. The number of ether oxygens (including phenoxy) is 3. The molecule has 3 aromatic carbocycles. The van der Waals surface area contributed by atoms with Crippen LogP contribution < -0.4 is 14.8 Å². The summed E-state index contributed by atoms with van der Waals surface area (Å²) in [6, 6.07) is 19.9. The molecule has 0 saturated carbocycles. The van der Waals surface area contributed by atoms with E-state index < -0.39 is 16.8 Å². The van der Waals surface area contributed by atoms with Crippen molar-refractivity contribution in [3.63, 3.8) is 0 Å². The average Bonchev–Trinajstić information content (AvgIpc) is 2.82. The zero-order chi connectivity index (χ0) is 23.6. The Morgan fingerprint density at radius 2 is 1.58 bits per heavy atom. The number of nitro groups is 1. The largest absolute Gasteiger partial charge is 0.484 e. The molecule has 33 heavy (non-hydrogen) atoms. The number of esters is 1. The molecule has 0 aliphatic heterocycles. The summed E-state index contributed by atoms with van der Waals surface area (Å²) in [6.07, 6.45) is 0. The summed E-state index contributed by atoms with van der Waals surface area (Å²) >= 11 is 0. The number of nitrogens with zero attached hydrogens (tertiary/aromatic N) is 1. The molecule has 1 amide bonds. The lowest BCUT2D eigenvalue weighted by Crippen LogP contribution is -2.34. The highest BCUT2D eigenvalue weighted by Gasteiger charge is 2.09. The van der Waals surface area contributed by atoms with E-state index >= 15 is 0 Å². The number of nitrogens with one attached hydrogen (secondary N) is 1. The summed E-state index contributed by atoms with van der Waals surface area (Å²) in [6.45, 7) is 1.44.